The van der Waals surface area contributed by atoms with Crippen LogP contribution in [-0.2, 0) is 0 Å². The summed E-state index contributed by atoms with van der Waals surface area (Å²) in [6, 6.07) is 3.92. The van der Waals surface area contributed by atoms with E-state index in [1.807, 2.05) is 0 Å². The third kappa shape index (κ3) is 3.02. The Morgan fingerprint density at radius 2 is 2.15 bits per heavy atom. The van der Waals surface area contributed by atoms with Crippen molar-refractivity contribution in [1.29, 1.82) is 0 Å². The normalized spacial score (nSPS) is 11.3. The zero-order valence-electron chi connectivity index (χ0n) is 11.2. The second-order valence-electron chi connectivity index (χ2n) is 5.19. The lowest BCUT2D eigenvalue weighted by Crippen LogP contribution is -2.42. The van der Waals surface area contributed by atoms with E-state index in [1.54, 1.807) is 20.8 Å². The molecule has 2 rings (SSSR count). The number of carbonyl (C=O) groups is 1. The molecule has 106 valence electrons. The van der Waals surface area contributed by atoms with E-state index in [2.05, 4.69) is 10.5 Å². The Morgan fingerprint density at radius 3 is 2.75 bits per heavy atom. The van der Waals surface area contributed by atoms with Gasteiger partial charge in [0.25, 0.3) is 11.6 Å². The summed E-state index contributed by atoms with van der Waals surface area (Å²) in [5.74, 6) is -0.106. The van der Waals surface area contributed by atoms with Crippen molar-refractivity contribution in [2.45, 2.75) is 26.3 Å². The summed E-state index contributed by atoms with van der Waals surface area (Å²) in [7, 11) is 0. The SMILES string of the molecule is CC(C)(C)NC(=O)Oc1noc2ccc([N+](=O)[O-])cc12. The summed E-state index contributed by atoms with van der Waals surface area (Å²) in [5, 5.41) is 17.2. The van der Waals surface area contributed by atoms with Crippen molar-refractivity contribution in [2.75, 3.05) is 0 Å². The third-order valence-electron chi connectivity index (χ3n) is 2.30. The molecule has 0 bridgehead atoms. The van der Waals surface area contributed by atoms with Gasteiger partial charge in [0.05, 0.1) is 10.3 Å². The summed E-state index contributed by atoms with van der Waals surface area (Å²) in [5.41, 5.74) is -0.307. The minimum Gasteiger partial charge on any atom is -0.387 e. The van der Waals surface area contributed by atoms with E-state index >= 15 is 0 Å². The summed E-state index contributed by atoms with van der Waals surface area (Å²) in [4.78, 5) is 21.8. The summed E-state index contributed by atoms with van der Waals surface area (Å²) in [6.07, 6.45) is -0.709. The van der Waals surface area contributed by atoms with E-state index in [0.717, 1.165) is 0 Å². The topological polar surface area (TPSA) is 108 Å². The zero-order chi connectivity index (χ0) is 14.9. The van der Waals surface area contributed by atoms with Crippen LogP contribution in [0.2, 0.25) is 0 Å². The van der Waals surface area contributed by atoms with Gasteiger partial charge in [-0.3, -0.25) is 10.1 Å². The Balaban J connectivity index is 2.28. The number of hydrogen-bond donors (Lipinski definition) is 1. The summed E-state index contributed by atoms with van der Waals surface area (Å²) >= 11 is 0. The molecule has 0 aliphatic rings. The van der Waals surface area contributed by atoms with Crippen LogP contribution in [0.1, 0.15) is 20.8 Å². The lowest BCUT2D eigenvalue weighted by Gasteiger charge is -2.19. The number of amides is 1. The molecule has 1 amide bonds. The molecule has 0 saturated heterocycles. The largest absolute Gasteiger partial charge is 0.414 e. The van der Waals surface area contributed by atoms with Gasteiger partial charge in [-0.1, -0.05) is 0 Å². The lowest BCUT2D eigenvalue weighted by atomic mass is 10.1. The second kappa shape index (κ2) is 4.80. The van der Waals surface area contributed by atoms with Crippen LogP contribution in [0.25, 0.3) is 11.0 Å². The molecule has 0 unspecified atom stereocenters. The predicted molar refractivity (Wildman–Crippen MR) is 69.6 cm³/mol. The van der Waals surface area contributed by atoms with Crippen molar-refractivity contribution in [2.24, 2.45) is 0 Å². The molecule has 1 aromatic heterocycles. The van der Waals surface area contributed by atoms with E-state index < -0.39 is 16.6 Å². The summed E-state index contributed by atoms with van der Waals surface area (Å²) < 4.78 is 9.94. The number of nitrogens with zero attached hydrogens (tertiary/aromatic N) is 2. The number of nitro benzene ring substituents is 1. The molecule has 20 heavy (non-hydrogen) atoms. The molecule has 1 N–H and O–H groups in total. The standard InChI is InChI=1S/C12H13N3O5/c1-12(2,3)13-11(16)19-10-8-6-7(15(17)18)4-5-9(8)20-14-10/h4-6H,1-3H3,(H,13,16). The highest BCUT2D eigenvalue weighted by Gasteiger charge is 2.20. The maximum atomic E-state index is 11.6. The molecular formula is C12H13N3O5. The number of rotatable bonds is 2. The highest BCUT2D eigenvalue weighted by atomic mass is 16.6. The Kier molecular flexibility index (Phi) is 3.31. The minimum absolute atomic E-state index is 0.106. The van der Waals surface area contributed by atoms with Crippen LogP contribution >= 0.6 is 0 Å². The molecule has 1 heterocycles. The van der Waals surface area contributed by atoms with Crippen LogP contribution in [0.4, 0.5) is 10.5 Å². The van der Waals surface area contributed by atoms with Gasteiger partial charge in [-0.15, -0.1) is 0 Å². The number of nitro groups is 1. The Bertz CT molecular complexity index is 671. The molecule has 0 saturated carbocycles. The first-order valence-electron chi connectivity index (χ1n) is 5.80. The first-order valence-corrected chi connectivity index (χ1v) is 5.80. The molecular weight excluding hydrogens is 266 g/mol. The lowest BCUT2D eigenvalue weighted by molar-refractivity contribution is -0.384. The van der Waals surface area contributed by atoms with Gasteiger partial charge in [0.2, 0.25) is 0 Å². The fourth-order valence-corrected chi connectivity index (χ4v) is 1.51. The molecule has 1 aromatic carbocycles. The molecule has 2 aromatic rings. The third-order valence-corrected chi connectivity index (χ3v) is 2.30. The molecule has 8 nitrogen and oxygen atoms in total. The van der Waals surface area contributed by atoms with Gasteiger partial charge in [-0.05, 0) is 32.0 Å². The number of carbonyl (C=O) groups excluding carboxylic acids is 1. The second-order valence-corrected chi connectivity index (χ2v) is 5.19. The van der Waals surface area contributed by atoms with Gasteiger partial charge < -0.3 is 14.6 Å². The number of aromatic nitrogens is 1. The first kappa shape index (κ1) is 13.8. The van der Waals surface area contributed by atoms with E-state index in [-0.39, 0.29) is 17.0 Å². The zero-order valence-corrected chi connectivity index (χ0v) is 11.2. The van der Waals surface area contributed by atoms with Crippen molar-refractivity contribution in [3.8, 4) is 5.88 Å². The Labute approximate surface area is 113 Å². The van der Waals surface area contributed by atoms with Crippen molar-refractivity contribution in [3.63, 3.8) is 0 Å². The maximum absolute atomic E-state index is 11.6. The van der Waals surface area contributed by atoms with Crippen LogP contribution in [0.15, 0.2) is 22.7 Å². The minimum atomic E-state index is -0.709. The number of non-ortho nitro benzene ring substituents is 1. The van der Waals surface area contributed by atoms with Gasteiger partial charge in [0.1, 0.15) is 0 Å². The van der Waals surface area contributed by atoms with Gasteiger partial charge in [-0.25, -0.2) is 4.79 Å². The van der Waals surface area contributed by atoms with Crippen molar-refractivity contribution in [3.05, 3.63) is 28.3 Å². The van der Waals surface area contributed by atoms with Crippen molar-refractivity contribution < 1.29 is 19.0 Å². The average molecular weight is 279 g/mol. The number of fused-ring (bicyclic) bond motifs is 1. The van der Waals surface area contributed by atoms with Gasteiger partial charge in [0.15, 0.2) is 5.58 Å². The average Bonchev–Trinajstić information content (AvgIpc) is 2.69. The fourth-order valence-electron chi connectivity index (χ4n) is 1.51. The first-order chi connectivity index (χ1) is 9.26. The number of hydrogen-bond acceptors (Lipinski definition) is 6. The van der Waals surface area contributed by atoms with Gasteiger partial charge in [0, 0.05) is 17.7 Å². The van der Waals surface area contributed by atoms with Crippen molar-refractivity contribution in [1.82, 2.24) is 10.5 Å². The van der Waals surface area contributed by atoms with E-state index in [1.165, 1.54) is 18.2 Å². The monoisotopic (exact) mass is 279 g/mol. The Morgan fingerprint density at radius 1 is 1.45 bits per heavy atom. The number of nitrogens with one attached hydrogen (secondary N) is 1. The molecule has 0 aliphatic carbocycles. The fraction of sp³-hybridized carbons (Fsp3) is 0.333. The molecule has 0 spiro atoms. The van der Waals surface area contributed by atoms with Crippen molar-refractivity contribution >= 4 is 22.7 Å². The van der Waals surface area contributed by atoms with E-state index in [4.69, 9.17) is 9.26 Å². The molecule has 0 aliphatic heterocycles. The quantitative estimate of drug-likeness (QED) is 0.668. The maximum Gasteiger partial charge on any atom is 0.414 e. The molecule has 8 heteroatoms. The van der Waals surface area contributed by atoms with E-state index in [9.17, 15) is 14.9 Å². The van der Waals surface area contributed by atoms with Crippen LogP contribution in [0.5, 0.6) is 5.88 Å². The number of benzene rings is 1. The van der Waals surface area contributed by atoms with Crippen LogP contribution in [0, 0.1) is 10.1 Å². The molecule has 0 fully saturated rings. The van der Waals surface area contributed by atoms with E-state index in [0.29, 0.717) is 5.58 Å². The van der Waals surface area contributed by atoms with Gasteiger partial charge in [-0.2, -0.15) is 0 Å². The highest BCUT2D eigenvalue weighted by molar-refractivity contribution is 5.86. The highest BCUT2D eigenvalue weighted by Crippen LogP contribution is 2.28. The Hall–Kier alpha value is -2.64. The van der Waals surface area contributed by atoms with Crippen LogP contribution in [0.3, 0.4) is 0 Å². The molecule has 0 radical (unpaired) electrons. The molecule has 0 atom stereocenters. The van der Waals surface area contributed by atoms with Gasteiger partial charge >= 0.3 is 6.09 Å². The van der Waals surface area contributed by atoms with Crippen LogP contribution in [-0.4, -0.2) is 21.7 Å². The predicted octanol–water partition coefficient (Wildman–Crippen LogP) is 2.62. The summed E-state index contributed by atoms with van der Waals surface area (Å²) in [6.45, 7) is 5.38. The smallest absolute Gasteiger partial charge is 0.387 e. The number of ether oxygens (including phenoxy) is 1. The van der Waals surface area contributed by atoms with Crippen LogP contribution < -0.4 is 10.1 Å².